The second-order valence-corrected chi connectivity index (χ2v) is 6.73. The summed E-state index contributed by atoms with van der Waals surface area (Å²) in [6.45, 7) is 7.11. The number of morpholine rings is 1. The summed E-state index contributed by atoms with van der Waals surface area (Å²) in [5, 5.41) is 6.86. The topological polar surface area (TPSA) is 37.4 Å². The van der Waals surface area contributed by atoms with Crippen molar-refractivity contribution in [2.45, 2.75) is 57.8 Å². The Morgan fingerprint density at radius 2 is 2.45 bits per heavy atom. The maximum absolute atomic E-state index is 5.87. The normalized spacial score (nSPS) is 26.9. The van der Waals surface area contributed by atoms with Crippen molar-refractivity contribution in [1.82, 2.24) is 15.2 Å². The molecule has 1 saturated carbocycles. The number of hydrogen-bond acceptors (Lipinski definition) is 5. The van der Waals surface area contributed by atoms with Crippen molar-refractivity contribution >= 4 is 11.3 Å². The molecule has 0 amide bonds. The van der Waals surface area contributed by atoms with Gasteiger partial charge in [-0.25, -0.2) is 4.98 Å². The van der Waals surface area contributed by atoms with Crippen molar-refractivity contribution in [2.24, 2.45) is 0 Å². The van der Waals surface area contributed by atoms with Crippen molar-refractivity contribution in [3.8, 4) is 0 Å². The fourth-order valence-corrected chi connectivity index (χ4v) is 4.04. The minimum absolute atomic E-state index is 0.480. The van der Waals surface area contributed by atoms with E-state index in [1.807, 2.05) is 0 Å². The van der Waals surface area contributed by atoms with Gasteiger partial charge in [-0.3, -0.25) is 4.90 Å². The number of thiazole rings is 1. The molecule has 1 N–H and O–H groups in total. The molecule has 1 saturated heterocycles. The second kappa shape index (κ2) is 6.98. The number of nitrogens with zero attached hydrogens (tertiary/aromatic N) is 2. The number of ether oxygens (including phenoxy) is 1. The Morgan fingerprint density at radius 1 is 1.50 bits per heavy atom. The monoisotopic (exact) mass is 295 g/mol. The van der Waals surface area contributed by atoms with Gasteiger partial charge in [-0.15, -0.1) is 11.3 Å². The molecule has 0 radical (unpaired) electrons. The van der Waals surface area contributed by atoms with Crippen molar-refractivity contribution in [2.75, 3.05) is 19.7 Å². The van der Waals surface area contributed by atoms with E-state index < -0.39 is 0 Å². The van der Waals surface area contributed by atoms with E-state index in [-0.39, 0.29) is 0 Å². The lowest BCUT2D eigenvalue weighted by molar-refractivity contribution is -0.0591. The lowest BCUT2D eigenvalue weighted by atomic mass is 10.1. The van der Waals surface area contributed by atoms with Crippen LogP contribution in [0.15, 0.2) is 5.38 Å². The third-order valence-electron chi connectivity index (χ3n) is 4.26. The summed E-state index contributed by atoms with van der Waals surface area (Å²) in [5.41, 5.74) is 1.23. The largest absolute Gasteiger partial charge is 0.375 e. The van der Waals surface area contributed by atoms with Crippen LogP contribution >= 0.6 is 11.3 Å². The van der Waals surface area contributed by atoms with E-state index in [1.54, 1.807) is 11.3 Å². The van der Waals surface area contributed by atoms with E-state index in [1.165, 1.54) is 36.4 Å². The Labute approximate surface area is 125 Å². The quantitative estimate of drug-likeness (QED) is 0.818. The molecule has 20 heavy (non-hydrogen) atoms. The van der Waals surface area contributed by atoms with Crippen molar-refractivity contribution in [1.29, 1.82) is 0 Å². The zero-order valence-electron chi connectivity index (χ0n) is 12.3. The smallest absolute Gasteiger partial charge is 0.107 e. The van der Waals surface area contributed by atoms with Gasteiger partial charge in [0.05, 0.1) is 18.4 Å². The number of nitrogens with one attached hydrogen (secondary N) is 1. The third-order valence-corrected chi connectivity index (χ3v) is 5.16. The number of aromatic nitrogens is 1. The third kappa shape index (κ3) is 3.39. The second-order valence-electron chi connectivity index (χ2n) is 5.79. The van der Waals surface area contributed by atoms with E-state index in [9.17, 15) is 0 Å². The molecule has 2 aliphatic rings. The van der Waals surface area contributed by atoms with Gasteiger partial charge in [0, 0.05) is 31.1 Å². The van der Waals surface area contributed by atoms with Crippen molar-refractivity contribution in [3.63, 3.8) is 0 Å². The van der Waals surface area contributed by atoms with Gasteiger partial charge in [0.15, 0.2) is 0 Å². The van der Waals surface area contributed by atoms with E-state index in [2.05, 4.69) is 22.5 Å². The van der Waals surface area contributed by atoms with Gasteiger partial charge in [0.25, 0.3) is 0 Å². The van der Waals surface area contributed by atoms with Crippen LogP contribution in [0.25, 0.3) is 0 Å². The number of rotatable bonds is 6. The summed E-state index contributed by atoms with van der Waals surface area (Å²) >= 11 is 1.78. The summed E-state index contributed by atoms with van der Waals surface area (Å²) in [7, 11) is 0. The molecule has 1 aliphatic carbocycles. The molecule has 2 atom stereocenters. The molecule has 1 aromatic heterocycles. The highest BCUT2D eigenvalue weighted by Crippen LogP contribution is 2.30. The Balaban J connectivity index is 1.54. The van der Waals surface area contributed by atoms with Crippen LogP contribution in [0.1, 0.15) is 43.3 Å². The standard InChI is InChI=1S/C15H25N3OS/c1-2-6-16-9-15-17-12(11-20-15)10-18-7-8-19-14-5-3-4-13(14)18/h11,13-14,16H,2-10H2,1H3. The van der Waals surface area contributed by atoms with Gasteiger partial charge >= 0.3 is 0 Å². The molecule has 3 rings (SSSR count). The zero-order valence-corrected chi connectivity index (χ0v) is 13.1. The van der Waals surface area contributed by atoms with Crippen LogP contribution in [0.3, 0.4) is 0 Å². The molecule has 0 spiro atoms. The lowest BCUT2D eigenvalue weighted by Gasteiger charge is -2.37. The van der Waals surface area contributed by atoms with Gasteiger partial charge in [0.2, 0.25) is 0 Å². The Bertz CT molecular complexity index is 423. The van der Waals surface area contributed by atoms with E-state index in [0.717, 1.165) is 32.8 Å². The molecule has 1 aromatic rings. The Kier molecular flexibility index (Phi) is 5.04. The summed E-state index contributed by atoms with van der Waals surface area (Å²) in [6, 6.07) is 0.632. The van der Waals surface area contributed by atoms with Crippen LogP contribution in [0, 0.1) is 0 Å². The predicted octanol–water partition coefficient (Wildman–Crippen LogP) is 2.40. The summed E-state index contributed by atoms with van der Waals surface area (Å²) in [5.74, 6) is 0. The molecule has 0 bridgehead atoms. The summed E-state index contributed by atoms with van der Waals surface area (Å²) in [4.78, 5) is 7.35. The molecule has 0 aromatic carbocycles. The maximum Gasteiger partial charge on any atom is 0.107 e. The molecule has 2 fully saturated rings. The van der Waals surface area contributed by atoms with Crippen LogP contribution in [-0.4, -0.2) is 41.7 Å². The molecule has 112 valence electrons. The fourth-order valence-electron chi connectivity index (χ4n) is 3.28. The van der Waals surface area contributed by atoms with E-state index in [0.29, 0.717) is 12.1 Å². The lowest BCUT2D eigenvalue weighted by Crippen LogP contribution is -2.47. The zero-order chi connectivity index (χ0) is 13.8. The van der Waals surface area contributed by atoms with Gasteiger partial charge in [0.1, 0.15) is 5.01 Å². The first kappa shape index (κ1) is 14.4. The number of hydrogen-bond donors (Lipinski definition) is 1. The first-order chi connectivity index (χ1) is 9.86. The first-order valence-corrected chi connectivity index (χ1v) is 8.74. The minimum atomic E-state index is 0.480. The fraction of sp³-hybridized carbons (Fsp3) is 0.800. The molecule has 1 aliphatic heterocycles. The van der Waals surface area contributed by atoms with Gasteiger partial charge < -0.3 is 10.1 Å². The maximum atomic E-state index is 5.87. The van der Waals surface area contributed by atoms with Crippen LogP contribution in [0.2, 0.25) is 0 Å². The highest BCUT2D eigenvalue weighted by atomic mass is 32.1. The summed E-state index contributed by atoms with van der Waals surface area (Å²) in [6.07, 6.45) is 5.50. The van der Waals surface area contributed by atoms with Crippen LogP contribution < -0.4 is 5.32 Å². The highest BCUT2D eigenvalue weighted by Gasteiger charge is 2.36. The molecule has 2 heterocycles. The Hall–Kier alpha value is -0.490. The summed E-state index contributed by atoms with van der Waals surface area (Å²) < 4.78 is 5.87. The van der Waals surface area contributed by atoms with E-state index in [4.69, 9.17) is 9.72 Å². The molecule has 2 unspecified atom stereocenters. The van der Waals surface area contributed by atoms with Crippen LogP contribution in [0.5, 0.6) is 0 Å². The van der Waals surface area contributed by atoms with Crippen molar-refractivity contribution < 1.29 is 4.74 Å². The average Bonchev–Trinajstić information content (AvgIpc) is 3.09. The van der Waals surface area contributed by atoms with Crippen LogP contribution in [0.4, 0.5) is 0 Å². The van der Waals surface area contributed by atoms with E-state index >= 15 is 0 Å². The van der Waals surface area contributed by atoms with Gasteiger partial charge in [-0.05, 0) is 32.2 Å². The molecular formula is C15H25N3OS. The molecular weight excluding hydrogens is 270 g/mol. The Morgan fingerprint density at radius 3 is 3.35 bits per heavy atom. The predicted molar refractivity (Wildman–Crippen MR) is 81.9 cm³/mol. The van der Waals surface area contributed by atoms with Gasteiger partial charge in [-0.2, -0.15) is 0 Å². The number of fused-ring (bicyclic) bond motifs is 1. The molecule has 5 heteroatoms. The van der Waals surface area contributed by atoms with Gasteiger partial charge in [-0.1, -0.05) is 6.92 Å². The highest BCUT2D eigenvalue weighted by molar-refractivity contribution is 7.09. The minimum Gasteiger partial charge on any atom is -0.375 e. The first-order valence-electron chi connectivity index (χ1n) is 7.86. The SMILES string of the molecule is CCCNCc1nc(CN2CCOC3CCCC32)cs1. The van der Waals surface area contributed by atoms with Crippen LogP contribution in [-0.2, 0) is 17.8 Å². The molecule has 4 nitrogen and oxygen atoms in total. The average molecular weight is 295 g/mol. The van der Waals surface area contributed by atoms with Crippen molar-refractivity contribution in [3.05, 3.63) is 16.1 Å².